The number of ether oxygens (including phenoxy) is 1. The molecular weight excluding hydrogens is 342 g/mol. The second-order valence-corrected chi connectivity index (χ2v) is 7.17. The summed E-state index contributed by atoms with van der Waals surface area (Å²) < 4.78 is 7.51. The Morgan fingerprint density at radius 1 is 1.26 bits per heavy atom. The number of hydrogen-bond donors (Lipinski definition) is 1. The lowest BCUT2D eigenvalue weighted by atomic mass is 9.88. The first-order chi connectivity index (χ1) is 13.1. The topological polar surface area (TPSA) is 73.2 Å². The van der Waals surface area contributed by atoms with Gasteiger partial charge in [-0.05, 0) is 37.8 Å². The molecule has 6 nitrogen and oxygen atoms in total. The molecule has 6 heteroatoms. The summed E-state index contributed by atoms with van der Waals surface area (Å²) >= 11 is 0. The monoisotopic (exact) mass is 369 g/mol. The lowest BCUT2D eigenvalue weighted by molar-refractivity contribution is -0.00295. The Balaban J connectivity index is 1.62. The van der Waals surface area contributed by atoms with E-state index in [-0.39, 0.29) is 17.2 Å². The Morgan fingerprint density at radius 2 is 2.00 bits per heavy atom. The first-order valence-electron chi connectivity index (χ1n) is 9.62. The summed E-state index contributed by atoms with van der Waals surface area (Å²) in [7, 11) is 0. The van der Waals surface area contributed by atoms with Gasteiger partial charge in [0, 0.05) is 18.3 Å². The van der Waals surface area contributed by atoms with Crippen LogP contribution in [-0.2, 0) is 4.74 Å². The maximum absolute atomic E-state index is 12.4. The number of nitrogens with zero attached hydrogens (tertiary/aromatic N) is 2. The summed E-state index contributed by atoms with van der Waals surface area (Å²) in [6, 6.07) is 10.9. The number of rotatable bonds is 6. The Bertz CT molecular complexity index is 832. The van der Waals surface area contributed by atoms with E-state index < -0.39 is 5.91 Å². The molecule has 1 aliphatic rings. The van der Waals surface area contributed by atoms with Crippen LogP contribution in [0.2, 0.25) is 0 Å². The molecule has 0 unspecified atom stereocenters. The van der Waals surface area contributed by atoms with Gasteiger partial charge < -0.3 is 10.1 Å². The predicted octanol–water partition coefficient (Wildman–Crippen LogP) is 2.87. The first kappa shape index (κ1) is 19.3. The van der Waals surface area contributed by atoms with Crippen LogP contribution in [0.1, 0.15) is 48.8 Å². The molecule has 1 amide bonds. The molecule has 144 valence electrons. The molecule has 0 aliphatic heterocycles. The standard InChI is InChI=1S/C21H27N3O3/c1-15-8-6-7-11-19(15)27-13-12-22-21(26)20-18(25)14-16(2)24(23-20)17-9-4-3-5-10-17/h3-5,9-10,14-15,19H,6-8,11-13H2,1-2H3,(H,22,26)/t15-,19-/m1/s1. The van der Waals surface area contributed by atoms with E-state index in [0.717, 1.165) is 12.1 Å². The number of hydrogen-bond acceptors (Lipinski definition) is 4. The normalized spacial score (nSPS) is 19.6. The second kappa shape index (κ2) is 8.95. The van der Waals surface area contributed by atoms with Crippen molar-refractivity contribution in [3.05, 3.63) is 58.0 Å². The molecule has 1 aromatic heterocycles. The van der Waals surface area contributed by atoms with Gasteiger partial charge in [-0.2, -0.15) is 5.10 Å². The number of carbonyl (C=O) groups is 1. The van der Waals surface area contributed by atoms with Gasteiger partial charge in [0.2, 0.25) is 5.43 Å². The van der Waals surface area contributed by atoms with Crippen LogP contribution in [0.5, 0.6) is 0 Å². The molecule has 1 fully saturated rings. The first-order valence-corrected chi connectivity index (χ1v) is 9.62. The highest BCUT2D eigenvalue weighted by Crippen LogP contribution is 2.25. The molecular formula is C21H27N3O3. The Hall–Kier alpha value is -2.47. The maximum atomic E-state index is 12.4. The fraction of sp³-hybridized carbons (Fsp3) is 0.476. The van der Waals surface area contributed by atoms with Gasteiger partial charge >= 0.3 is 0 Å². The van der Waals surface area contributed by atoms with Crippen molar-refractivity contribution in [2.24, 2.45) is 5.92 Å². The molecule has 27 heavy (non-hydrogen) atoms. The van der Waals surface area contributed by atoms with Crippen LogP contribution in [0, 0.1) is 12.8 Å². The van der Waals surface area contributed by atoms with Crippen LogP contribution in [0.15, 0.2) is 41.2 Å². The molecule has 0 spiro atoms. The molecule has 1 N–H and O–H groups in total. The summed E-state index contributed by atoms with van der Waals surface area (Å²) in [4.78, 5) is 24.7. The molecule has 0 saturated heterocycles. The molecule has 2 atom stereocenters. The lowest BCUT2D eigenvalue weighted by Crippen LogP contribution is -2.35. The van der Waals surface area contributed by atoms with Crippen molar-refractivity contribution in [3.8, 4) is 5.69 Å². The van der Waals surface area contributed by atoms with Gasteiger partial charge in [0.15, 0.2) is 5.69 Å². The molecule has 1 heterocycles. The van der Waals surface area contributed by atoms with Crippen LogP contribution in [0.4, 0.5) is 0 Å². The van der Waals surface area contributed by atoms with Crippen molar-refractivity contribution in [1.82, 2.24) is 15.1 Å². The number of nitrogens with one attached hydrogen (secondary N) is 1. The molecule has 3 rings (SSSR count). The zero-order chi connectivity index (χ0) is 19.2. The average molecular weight is 369 g/mol. The predicted molar refractivity (Wildman–Crippen MR) is 104 cm³/mol. The zero-order valence-electron chi connectivity index (χ0n) is 16.0. The van der Waals surface area contributed by atoms with E-state index in [2.05, 4.69) is 17.3 Å². The van der Waals surface area contributed by atoms with Gasteiger partial charge in [-0.1, -0.05) is 38.0 Å². The minimum absolute atomic E-state index is 0.101. The summed E-state index contributed by atoms with van der Waals surface area (Å²) in [5, 5.41) is 7.03. The highest BCUT2D eigenvalue weighted by molar-refractivity contribution is 5.92. The number of aromatic nitrogens is 2. The van der Waals surface area contributed by atoms with E-state index in [0.29, 0.717) is 24.8 Å². The van der Waals surface area contributed by atoms with Crippen LogP contribution >= 0.6 is 0 Å². The molecule has 0 bridgehead atoms. The van der Waals surface area contributed by atoms with E-state index in [9.17, 15) is 9.59 Å². The third kappa shape index (κ3) is 4.83. The summed E-state index contributed by atoms with van der Waals surface area (Å²) in [5.74, 6) is 0.0938. The van der Waals surface area contributed by atoms with Crippen LogP contribution in [0.3, 0.4) is 0 Å². The third-order valence-corrected chi connectivity index (χ3v) is 5.08. The van der Waals surface area contributed by atoms with Crippen molar-refractivity contribution >= 4 is 5.91 Å². The number of benzene rings is 1. The van der Waals surface area contributed by atoms with Crippen molar-refractivity contribution in [2.45, 2.75) is 45.6 Å². The van der Waals surface area contributed by atoms with Gasteiger partial charge in [0.25, 0.3) is 5.91 Å². The summed E-state index contributed by atoms with van der Waals surface area (Å²) in [6.07, 6.45) is 5.02. The van der Waals surface area contributed by atoms with E-state index in [1.807, 2.05) is 30.3 Å². The van der Waals surface area contributed by atoms with E-state index in [4.69, 9.17) is 4.74 Å². The summed E-state index contributed by atoms with van der Waals surface area (Å²) in [6.45, 7) is 4.81. The van der Waals surface area contributed by atoms with Gasteiger partial charge in [-0.3, -0.25) is 9.59 Å². The Labute approximate surface area is 159 Å². The summed E-state index contributed by atoms with van der Waals surface area (Å²) in [5.41, 5.74) is 1.01. The number of amides is 1. The zero-order valence-corrected chi connectivity index (χ0v) is 16.0. The van der Waals surface area contributed by atoms with Crippen molar-refractivity contribution < 1.29 is 9.53 Å². The quantitative estimate of drug-likeness (QED) is 0.795. The van der Waals surface area contributed by atoms with Gasteiger partial charge in [-0.15, -0.1) is 0 Å². The van der Waals surface area contributed by atoms with Crippen molar-refractivity contribution in [1.29, 1.82) is 0 Å². The van der Waals surface area contributed by atoms with Crippen molar-refractivity contribution in [3.63, 3.8) is 0 Å². The molecule has 1 saturated carbocycles. The smallest absolute Gasteiger partial charge is 0.275 e. The van der Waals surface area contributed by atoms with Crippen molar-refractivity contribution in [2.75, 3.05) is 13.2 Å². The molecule has 1 aromatic carbocycles. The minimum Gasteiger partial charge on any atom is -0.376 e. The van der Waals surface area contributed by atoms with E-state index in [1.54, 1.807) is 11.6 Å². The minimum atomic E-state index is -0.468. The SMILES string of the molecule is Cc1cc(=O)c(C(=O)NCCO[C@@H]2CCCC[C@H]2C)nn1-c1ccccc1. The van der Waals surface area contributed by atoms with Crippen LogP contribution in [-0.4, -0.2) is 34.9 Å². The van der Waals surface area contributed by atoms with Gasteiger partial charge in [-0.25, -0.2) is 4.68 Å². The Morgan fingerprint density at radius 3 is 2.74 bits per heavy atom. The highest BCUT2D eigenvalue weighted by atomic mass is 16.5. The highest BCUT2D eigenvalue weighted by Gasteiger charge is 2.21. The van der Waals surface area contributed by atoms with Gasteiger partial charge in [0.05, 0.1) is 18.4 Å². The number of para-hydroxylation sites is 1. The fourth-order valence-corrected chi connectivity index (χ4v) is 3.52. The van der Waals surface area contributed by atoms with E-state index >= 15 is 0 Å². The number of aryl methyl sites for hydroxylation is 1. The molecule has 0 radical (unpaired) electrons. The maximum Gasteiger partial charge on any atom is 0.275 e. The number of carbonyl (C=O) groups excluding carboxylic acids is 1. The average Bonchev–Trinajstić information content (AvgIpc) is 2.67. The molecule has 1 aliphatic carbocycles. The van der Waals surface area contributed by atoms with Crippen LogP contribution < -0.4 is 10.7 Å². The lowest BCUT2D eigenvalue weighted by Gasteiger charge is -2.28. The second-order valence-electron chi connectivity index (χ2n) is 7.17. The van der Waals surface area contributed by atoms with Crippen LogP contribution in [0.25, 0.3) is 5.69 Å². The van der Waals surface area contributed by atoms with Gasteiger partial charge in [0.1, 0.15) is 0 Å². The Kier molecular flexibility index (Phi) is 6.40. The third-order valence-electron chi connectivity index (χ3n) is 5.08. The molecule has 2 aromatic rings. The largest absolute Gasteiger partial charge is 0.376 e. The van der Waals surface area contributed by atoms with E-state index in [1.165, 1.54) is 25.3 Å². The fourth-order valence-electron chi connectivity index (χ4n) is 3.52.